The lowest BCUT2D eigenvalue weighted by Gasteiger charge is -2.34. The number of furan rings is 1. The number of hydrogen-bond donors (Lipinski definition) is 0. The van der Waals surface area contributed by atoms with Gasteiger partial charge in [0.05, 0.1) is 17.5 Å². The van der Waals surface area contributed by atoms with Gasteiger partial charge in [0.1, 0.15) is 11.3 Å². The van der Waals surface area contributed by atoms with Gasteiger partial charge in [-0.15, -0.1) is 0 Å². The Hall–Kier alpha value is -8.68. The molecule has 7 heteroatoms. The Labute approximate surface area is 427 Å². The lowest BCUT2D eigenvalue weighted by molar-refractivity contribution is 0.586. The van der Waals surface area contributed by atoms with Crippen LogP contribution >= 0.6 is 0 Å². The highest BCUT2D eigenvalue weighted by Crippen LogP contribution is 2.67. The summed E-state index contributed by atoms with van der Waals surface area (Å²) in [6.45, 7) is 8.42. The van der Waals surface area contributed by atoms with E-state index in [4.69, 9.17) is 29.4 Å². The molecule has 73 heavy (non-hydrogen) atoms. The summed E-state index contributed by atoms with van der Waals surface area (Å²) in [4.78, 5) is 30.4. The van der Waals surface area contributed by atoms with Gasteiger partial charge in [0.25, 0.3) is 0 Å². The minimum Gasteiger partial charge on any atom is -0.455 e. The first-order valence-corrected chi connectivity index (χ1v) is 25.7. The van der Waals surface area contributed by atoms with Gasteiger partial charge in [-0.1, -0.05) is 196 Å². The predicted molar refractivity (Wildman–Crippen MR) is 300 cm³/mol. The van der Waals surface area contributed by atoms with Gasteiger partial charge in [-0.2, -0.15) is 0 Å². The second-order valence-corrected chi connectivity index (χ2v) is 18.6. The van der Waals surface area contributed by atoms with Crippen LogP contribution in [-0.4, -0.2) is 33.3 Å². The van der Waals surface area contributed by atoms with Crippen LogP contribution in [0.25, 0.3) is 56.0 Å². The van der Waals surface area contributed by atoms with Crippen molar-refractivity contribution < 1.29 is 4.42 Å². The molecule has 0 saturated heterocycles. The molecule has 1 unspecified atom stereocenters. The molecular weight excluding hydrogens is 893 g/mol. The zero-order valence-electron chi connectivity index (χ0n) is 41.2. The number of benzene rings is 6. The Kier molecular flexibility index (Phi) is 12.1. The molecular formula is C66H54N6O. The van der Waals surface area contributed by atoms with Gasteiger partial charge in [0, 0.05) is 38.8 Å². The van der Waals surface area contributed by atoms with E-state index in [0.29, 0.717) is 35.7 Å². The van der Waals surface area contributed by atoms with E-state index < -0.39 is 5.41 Å². The third-order valence-electron chi connectivity index (χ3n) is 14.6. The van der Waals surface area contributed by atoms with E-state index in [9.17, 15) is 0 Å². The molecule has 2 aromatic heterocycles. The van der Waals surface area contributed by atoms with Crippen molar-refractivity contribution in [2.24, 2.45) is 15.0 Å². The van der Waals surface area contributed by atoms with E-state index in [1.54, 1.807) is 0 Å². The van der Waals surface area contributed by atoms with Crippen LogP contribution in [0.3, 0.4) is 0 Å². The Morgan fingerprint density at radius 2 is 1.40 bits per heavy atom. The maximum absolute atomic E-state index is 7.41. The van der Waals surface area contributed by atoms with E-state index >= 15 is 0 Å². The number of hydrogen-bond acceptors (Lipinski definition) is 5. The SMILES string of the molecule is C=NC(=NC(=NCc1ccccc1)c1ccc2c(c1)C1(C3=CCC=CC=C3C3=C1CCc1c3oc3c(-c4nc(C5=CCCCC=C5)nc(-c5ccccc5)n4)cccc13)c1ccccc1-2)c1ccccc1.CC. The first-order chi connectivity index (χ1) is 36.2. The Morgan fingerprint density at radius 3 is 2.23 bits per heavy atom. The second kappa shape index (κ2) is 19.5. The summed E-state index contributed by atoms with van der Waals surface area (Å²) in [6, 6.07) is 52.8. The summed E-state index contributed by atoms with van der Waals surface area (Å²) in [5, 5.41) is 1.09. The summed E-state index contributed by atoms with van der Waals surface area (Å²) >= 11 is 0. The fraction of sp³-hybridized carbons (Fsp3) is 0.152. The van der Waals surface area contributed by atoms with Gasteiger partial charge in [-0.05, 0) is 102 Å². The van der Waals surface area contributed by atoms with Crippen molar-refractivity contribution in [1.29, 1.82) is 0 Å². The molecule has 0 aliphatic heterocycles. The van der Waals surface area contributed by atoms with E-state index in [1.165, 1.54) is 50.1 Å². The molecule has 0 radical (unpaired) electrons. The Morgan fingerprint density at radius 1 is 0.658 bits per heavy atom. The van der Waals surface area contributed by atoms with Crippen LogP contribution in [0.2, 0.25) is 0 Å². The highest BCUT2D eigenvalue weighted by Gasteiger charge is 2.56. The fourth-order valence-electron chi connectivity index (χ4n) is 11.5. The molecule has 1 spiro atoms. The summed E-state index contributed by atoms with van der Waals surface area (Å²) < 4.78 is 7.41. The first kappa shape index (κ1) is 45.5. The molecule has 354 valence electrons. The molecule has 5 aliphatic rings. The molecule has 2 heterocycles. The number of allylic oxidation sites excluding steroid dienone is 12. The van der Waals surface area contributed by atoms with Crippen molar-refractivity contribution in [1.82, 2.24) is 15.0 Å². The van der Waals surface area contributed by atoms with Crippen LogP contribution < -0.4 is 0 Å². The molecule has 0 bridgehead atoms. The molecule has 13 rings (SSSR count). The van der Waals surface area contributed by atoms with Gasteiger partial charge >= 0.3 is 0 Å². The van der Waals surface area contributed by atoms with E-state index in [-0.39, 0.29) is 0 Å². The number of aromatic nitrogens is 3. The summed E-state index contributed by atoms with van der Waals surface area (Å²) in [6.07, 6.45) is 21.4. The lowest BCUT2D eigenvalue weighted by atomic mass is 9.67. The zero-order valence-corrected chi connectivity index (χ0v) is 41.2. The standard InChI is InChI=1S/C64H48N6O.C2H6/c1-65-59(42-23-12-5-13-24-42)67-60(66-40-41-21-8-4-9-22-41)45-35-36-47-46-29-18-19-34-52(46)64(55(47)39-45)53-33-17-7-16-30-50(53)56-54(64)38-37-49-48-31-20-32-51(57(48)71-58(49)56)63-69-61(43-25-10-2-3-11-26-43)68-62(70-63)44-27-14-6-15-28-44;1-2/h4-10,12-16,18-36,39H,1-3,11,17,37-38,40H2;1-2H3. The normalized spacial score (nSPS) is 17.5. The third kappa shape index (κ3) is 7.84. The molecule has 6 aromatic carbocycles. The van der Waals surface area contributed by atoms with Crippen LogP contribution in [0.15, 0.2) is 230 Å². The van der Waals surface area contributed by atoms with Crippen molar-refractivity contribution in [3.8, 4) is 33.9 Å². The van der Waals surface area contributed by atoms with Crippen molar-refractivity contribution in [2.45, 2.75) is 64.3 Å². The maximum atomic E-state index is 7.41. The number of fused-ring (bicyclic) bond motifs is 13. The zero-order chi connectivity index (χ0) is 49.3. The largest absolute Gasteiger partial charge is 0.455 e. The van der Waals surface area contributed by atoms with Gasteiger partial charge in [-0.25, -0.2) is 24.9 Å². The summed E-state index contributed by atoms with van der Waals surface area (Å²) in [7, 11) is 0. The average molecular weight is 947 g/mol. The average Bonchev–Trinajstić information content (AvgIpc) is 3.86. The van der Waals surface area contributed by atoms with Gasteiger partial charge < -0.3 is 4.42 Å². The molecule has 5 aliphatic carbocycles. The number of rotatable bonds is 7. The second-order valence-electron chi connectivity index (χ2n) is 18.6. The first-order valence-electron chi connectivity index (χ1n) is 25.7. The van der Waals surface area contributed by atoms with Crippen molar-refractivity contribution in [3.63, 3.8) is 0 Å². The predicted octanol–water partition coefficient (Wildman–Crippen LogP) is 15.7. The smallest absolute Gasteiger partial charge is 0.167 e. The number of para-hydroxylation sites is 1. The number of aryl methyl sites for hydroxylation is 1. The van der Waals surface area contributed by atoms with Gasteiger partial charge in [0.15, 0.2) is 29.1 Å². The highest BCUT2D eigenvalue weighted by molar-refractivity contribution is 6.13. The number of aliphatic imine (C=N–C) groups is 3. The topological polar surface area (TPSA) is 88.9 Å². The molecule has 0 amide bonds. The van der Waals surface area contributed by atoms with E-state index in [2.05, 4.69) is 151 Å². The molecule has 8 aromatic rings. The molecule has 0 fully saturated rings. The van der Waals surface area contributed by atoms with Gasteiger partial charge in [-0.3, -0.25) is 4.99 Å². The van der Waals surface area contributed by atoms with Crippen LogP contribution in [-0.2, 0) is 18.4 Å². The number of nitrogens with zero attached hydrogens (tertiary/aromatic N) is 6. The molecule has 7 nitrogen and oxygen atoms in total. The maximum Gasteiger partial charge on any atom is 0.167 e. The number of amidine groups is 2. The van der Waals surface area contributed by atoms with Crippen LogP contribution in [0.4, 0.5) is 0 Å². The van der Waals surface area contributed by atoms with Crippen molar-refractivity contribution >= 4 is 40.5 Å². The Bertz CT molecular complexity index is 3730. The van der Waals surface area contributed by atoms with Crippen molar-refractivity contribution in [2.75, 3.05) is 0 Å². The Balaban J connectivity index is 0.00000268. The molecule has 0 N–H and O–H groups in total. The quantitative estimate of drug-likeness (QED) is 0.118. The van der Waals surface area contributed by atoms with Crippen LogP contribution in [0.5, 0.6) is 0 Å². The van der Waals surface area contributed by atoms with E-state index in [1.807, 2.05) is 68.4 Å². The van der Waals surface area contributed by atoms with E-state index in [0.717, 1.165) is 88.6 Å². The van der Waals surface area contributed by atoms with Crippen molar-refractivity contribution in [3.05, 3.63) is 256 Å². The minimum atomic E-state index is -0.588. The fourth-order valence-corrected chi connectivity index (χ4v) is 11.5. The summed E-state index contributed by atoms with van der Waals surface area (Å²) in [5.41, 5.74) is 17.1. The van der Waals surface area contributed by atoms with Crippen LogP contribution in [0.1, 0.15) is 90.9 Å². The van der Waals surface area contributed by atoms with Gasteiger partial charge in [0.2, 0.25) is 0 Å². The molecule has 0 saturated carbocycles. The summed E-state index contributed by atoms with van der Waals surface area (Å²) in [5.74, 6) is 3.95. The minimum absolute atomic E-state index is 0.464. The molecule has 1 atom stereocenters. The highest BCUT2D eigenvalue weighted by atomic mass is 16.3. The van der Waals surface area contributed by atoms with Crippen LogP contribution in [0, 0.1) is 0 Å². The monoisotopic (exact) mass is 946 g/mol. The lowest BCUT2D eigenvalue weighted by Crippen LogP contribution is -2.28. The third-order valence-corrected chi connectivity index (χ3v) is 14.6.